The van der Waals surface area contributed by atoms with Crippen molar-refractivity contribution in [1.29, 1.82) is 0 Å². The van der Waals surface area contributed by atoms with Crippen LogP contribution < -0.4 is 10.6 Å². The number of para-hydroxylation sites is 2. The van der Waals surface area contributed by atoms with Crippen molar-refractivity contribution in [3.8, 4) is 0 Å². The third-order valence-corrected chi connectivity index (χ3v) is 2.83. The maximum absolute atomic E-state index is 12.0. The number of nitrogens with zero attached hydrogens (tertiary/aromatic N) is 2. The lowest BCUT2D eigenvalue weighted by Crippen LogP contribution is -2.13. The summed E-state index contributed by atoms with van der Waals surface area (Å²) in [5.41, 5.74) is 2.08. The minimum atomic E-state index is -0.445. The Bertz CT molecular complexity index is 644. The SMILES string of the molecule is CCOC(=O)c1cncnc1Nc1ccccc1NC(C)C. The summed E-state index contributed by atoms with van der Waals surface area (Å²) in [5, 5.41) is 6.52. The van der Waals surface area contributed by atoms with Crippen molar-refractivity contribution in [3.05, 3.63) is 42.4 Å². The molecule has 2 rings (SSSR count). The van der Waals surface area contributed by atoms with Crippen LogP contribution in [-0.2, 0) is 4.74 Å². The van der Waals surface area contributed by atoms with Gasteiger partial charge in [-0.15, -0.1) is 0 Å². The van der Waals surface area contributed by atoms with Gasteiger partial charge in [0.05, 0.1) is 18.0 Å². The highest BCUT2D eigenvalue weighted by atomic mass is 16.5. The van der Waals surface area contributed by atoms with Crippen LogP contribution in [0.5, 0.6) is 0 Å². The number of esters is 1. The minimum absolute atomic E-state index is 0.290. The van der Waals surface area contributed by atoms with Crippen LogP contribution in [0, 0.1) is 0 Å². The Morgan fingerprint density at radius 3 is 2.68 bits per heavy atom. The molecule has 0 atom stereocenters. The van der Waals surface area contributed by atoms with Gasteiger partial charge < -0.3 is 15.4 Å². The lowest BCUT2D eigenvalue weighted by Gasteiger charge is -2.16. The minimum Gasteiger partial charge on any atom is -0.462 e. The fourth-order valence-electron chi connectivity index (χ4n) is 1.94. The second kappa shape index (κ2) is 7.40. The molecule has 0 unspecified atom stereocenters. The summed E-state index contributed by atoms with van der Waals surface area (Å²) in [4.78, 5) is 20.0. The van der Waals surface area contributed by atoms with Gasteiger partial charge in [-0.2, -0.15) is 0 Å². The standard InChI is InChI=1S/C16H20N4O2/c1-4-22-16(21)12-9-17-10-18-15(12)20-14-8-6-5-7-13(14)19-11(2)3/h5-11,19H,4H2,1-3H3,(H,17,18,20). The number of anilines is 3. The van der Waals surface area contributed by atoms with E-state index in [0.717, 1.165) is 11.4 Å². The molecule has 0 amide bonds. The summed E-state index contributed by atoms with van der Waals surface area (Å²) in [6, 6.07) is 8.04. The zero-order valence-electron chi connectivity index (χ0n) is 13.0. The summed E-state index contributed by atoms with van der Waals surface area (Å²) in [7, 11) is 0. The zero-order chi connectivity index (χ0) is 15.9. The van der Waals surface area contributed by atoms with Gasteiger partial charge in [0.1, 0.15) is 17.7 Å². The van der Waals surface area contributed by atoms with E-state index in [1.165, 1.54) is 12.5 Å². The van der Waals surface area contributed by atoms with E-state index in [4.69, 9.17) is 4.74 Å². The van der Waals surface area contributed by atoms with Gasteiger partial charge in [0.2, 0.25) is 0 Å². The second-order valence-corrected chi connectivity index (χ2v) is 4.98. The van der Waals surface area contributed by atoms with Crippen molar-refractivity contribution in [3.63, 3.8) is 0 Å². The maximum Gasteiger partial charge on any atom is 0.343 e. The highest BCUT2D eigenvalue weighted by Gasteiger charge is 2.15. The molecule has 0 radical (unpaired) electrons. The van der Waals surface area contributed by atoms with Gasteiger partial charge in [0, 0.05) is 12.2 Å². The summed E-state index contributed by atoms with van der Waals surface area (Å²) in [5.74, 6) is -0.0219. The number of aromatic nitrogens is 2. The fraction of sp³-hybridized carbons (Fsp3) is 0.312. The van der Waals surface area contributed by atoms with Crippen LogP contribution in [0.3, 0.4) is 0 Å². The first-order valence-electron chi connectivity index (χ1n) is 7.21. The molecule has 0 aliphatic carbocycles. The Kier molecular flexibility index (Phi) is 5.30. The Morgan fingerprint density at radius 2 is 2.00 bits per heavy atom. The molecule has 2 N–H and O–H groups in total. The second-order valence-electron chi connectivity index (χ2n) is 4.98. The molecule has 1 heterocycles. The number of hydrogen-bond donors (Lipinski definition) is 2. The smallest absolute Gasteiger partial charge is 0.343 e. The van der Waals surface area contributed by atoms with E-state index in [1.807, 2.05) is 24.3 Å². The molecule has 116 valence electrons. The van der Waals surface area contributed by atoms with Gasteiger partial charge in [-0.25, -0.2) is 14.8 Å². The van der Waals surface area contributed by atoms with E-state index in [9.17, 15) is 4.79 Å². The molecule has 6 nitrogen and oxygen atoms in total. The van der Waals surface area contributed by atoms with Crippen molar-refractivity contribution in [2.75, 3.05) is 17.2 Å². The summed E-state index contributed by atoms with van der Waals surface area (Å²) < 4.78 is 5.03. The average Bonchev–Trinajstić information content (AvgIpc) is 2.49. The van der Waals surface area contributed by atoms with Gasteiger partial charge in [0.15, 0.2) is 0 Å². The molecule has 0 saturated carbocycles. The predicted octanol–water partition coefficient (Wildman–Crippen LogP) is 3.22. The number of ether oxygens (including phenoxy) is 1. The summed E-state index contributed by atoms with van der Waals surface area (Å²) in [6.45, 7) is 6.19. The molecule has 2 aromatic rings. The van der Waals surface area contributed by atoms with Crippen molar-refractivity contribution < 1.29 is 9.53 Å². The molecule has 0 bridgehead atoms. The first-order valence-corrected chi connectivity index (χ1v) is 7.21. The van der Waals surface area contributed by atoms with E-state index in [-0.39, 0.29) is 6.04 Å². The van der Waals surface area contributed by atoms with Crippen LogP contribution in [0.2, 0.25) is 0 Å². The summed E-state index contributed by atoms with van der Waals surface area (Å²) >= 11 is 0. The topological polar surface area (TPSA) is 76.1 Å². The van der Waals surface area contributed by atoms with Gasteiger partial charge in [0.25, 0.3) is 0 Å². The molecule has 0 fully saturated rings. The summed E-state index contributed by atoms with van der Waals surface area (Å²) in [6.07, 6.45) is 2.84. The number of carbonyl (C=O) groups is 1. The first kappa shape index (κ1) is 15.8. The Hall–Kier alpha value is -2.63. The van der Waals surface area contributed by atoms with Gasteiger partial charge in [-0.05, 0) is 32.9 Å². The number of benzene rings is 1. The first-order chi connectivity index (χ1) is 10.6. The van der Waals surface area contributed by atoms with Crippen molar-refractivity contribution in [1.82, 2.24) is 9.97 Å². The van der Waals surface area contributed by atoms with Crippen LogP contribution in [0.1, 0.15) is 31.1 Å². The highest BCUT2D eigenvalue weighted by Crippen LogP contribution is 2.26. The fourth-order valence-corrected chi connectivity index (χ4v) is 1.94. The van der Waals surface area contributed by atoms with Crippen LogP contribution in [-0.4, -0.2) is 28.6 Å². The number of carbonyl (C=O) groups excluding carboxylic acids is 1. The lowest BCUT2D eigenvalue weighted by molar-refractivity contribution is 0.0526. The van der Waals surface area contributed by atoms with Crippen molar-refractivity contribution in [2.45, 2.75) is 26.8 Å². The van der Waals surface area contributed by atoms with Crippen LogP contribution in [0.4, 0.5) is 17.2 Å². The maximum atomic E-state index is 12.0. The van der Waals surface area contributed by atoms with Crippen LogP contribution in [0.25, 0.3) is 0 Å². The van der Waals surface area contributed by atoms with Crippen molar-refractivity contribution in [2.24, 2.45) is 0 Å². The van der Waals surface area contributed by atoms with E-state index in [2.05, 4.69) is 34.4 Å². The van der Waals surface area contributed by atoms with E-state index in [1.54, 1.807) is 6.92 Å². The zero-order valence-corrected chi connectivity index (χ0v) is 13.0. The normalized spacial score (nSPS) is 10.4. The number of rotatable bonds is 6. The molecule has 1 aromatic heterocycles. The molecule has 0 saturated heterocycles. The molecular formula is C16H20N4O2. The average molecular weight is 300 g/mol. The molecule has 0 spiro atoms. The Labute approximate surface area is 129 Å². The Morgan fingerprint density at radius 1 is 1.27 bits per heavy atom. The van der Waals surface area contributed by atoms with Gasteiger partial charge in [-0.3, -0.25) is 0 Å². The quantitative estimate of drug-likeness (QED) is 0.798. The third-order valence-electron chi connectivity index (χ3n) is 2.83. The third kappa shape index (κ3) is 3.94. The predicted molar refractivity (Wildman–Crippen MR) is 86.5 cm³/mol. The number of hydrogen-bond acceptors (Lipinski definition) is 6. The van der Waals surface area contributed by atoms with Gasteiger partial charge >= 0.3 is 5.97 Å². The van der Waals surface area contributed by atoms with Crippen LogP contribution >= 0.6 is 0 Å². The largest absolute Gasteiger partial charge is 0.462 e. The lowest BCUT2D eigenvalue weighted by atomic mass is 10.2. The van der Waals surface area contributed by atoms with Crippen LogP contribution in [0.15, 0.2) is 36.8 Å². The number of nitrogens with one attached hydrogen (secondary N) is 2. The van der Waals surface area contributed by atoms with Crippen molar-refractivity contribution >= 4 is 23.2 Å². The van der Waals surface area contributed by atoms with Gasteiger partial charge in [-0.1, -0.05) is 12.1 Å². The Balaban J connectivity index is 2.30. The molecular weight excluding hydrogens is 280 g/mol. The van der Waals surface area contributed by atoms with E-state index < -0.39 is 5.97 Å². The van der Waals surface area contributed by atoms with E-state index in [0.29, 0.717) is 18.0 Å². The van der Waals surface area contributed by atoms with E-state index >= 15 is 0 Å². The molecule has 22 heavy (non-hydrogen) atoms. The molecule has 0 aliphatic rings. The molecule has 0 aliphatic heterocycles. The monoisotopic (exact) mass is 300 g/mol. The molecule has 1 aromatic carbocycles. The highest BCUT2D eigenvalue weighted by molar-refractivity contribution is 5.95. The molecule has 6 heteroatoms.